The molecule has 0 aromatic heterocycles. The Bertz CT molecular complexity index is 1170. The number of carbonyl (C=O) groups excluding carboxylic acids is 3. The molecule has 0 radical (unpaired) electrons. The Morgan fingerprint density at radius 2 is 1.60 bits per heavy atom. The zero-order valence-corrected chi connectivity index (χ0v) is 19.2. The van der Waals surface area contributed by atoms with Crippen LogP contribution >= 0.6 is 0 Å². The lowest BCUT2D eigenvalue weighted by atomic mass is 9.95. The highest BCUT2D eigenvalue weighted by molar-refractivity contribution is 6.04. The quantitative estimate of drug-likeness (QED) is 0.613. The number of nitrogens with zero attached hydrogens (tertiary/aromatic N) is 1. The normalized spacial score (nSPS) is 21.5. The minimum Gasteiger partial charge on any atom is -0.353 e. The Kier molecular flexibility index (Phi) is 6.57. The molecule has 0 aliphatic carbocycles. The van der Waals surface area contributed by atoms with Crippen molar-refractivity contribution < 1.29 is 31.9 Å². The number of piperidine rings is 1. The molecule has 10 heteroatoms. The van der Waals surface area contributed by atoms with Crippen molar-refractivity contribution in [3.8, 4) is 0 Å². The van der Waals surface area contributed by atoms with E-state index in [0.29, 0.717) is 31.7 Å². The summed E-state index contributed by atoms with van der Waals surface area (Å²) in [6.07, 6.45) is 1.73. The van der Waals surface area contributed by atoms with Crippen LogP contribution in [0, 0.1) is 18.6 Å². The van der Waals surface area contributed by atoms with Crippen LogP contribution in [0.5, 0.6) is 0 Å². The number of nitrogens with one attached hydrogen (secondary N) is 2. The number of aryl methyl sites for hydroxylation is 1. The predicted octanol–water partition coefficient (Wildman–Crippen LogP) is 4.28. The Balaban J connectivity index is 1.55. The number of alkyl halides is 2. The van der Waals surface area contributed by atoms with Gasteiger partial charge in [0.2, 0.25) is 5.91 Å². The molecule has 2 atom stereocenters. The van der Waals surface area contributed by atoms with Gasteiger partial charge in [0.15, 0.2) is 0 Å². The lowest BCUT2D eigenvalue weighted by Gasteiger charge is -2.40. The molecule has 2 N–H and O–H groups in total. The topological polar surface area (TPSA) is 78.5 Å². The van der Waals surface area contributed by atoms with Gasteiger partial charge in [-0.15, -0.1) is 0 Å². The summed E-state index contributed by atoms with van der Waals surface area (Å²) < 4.78 is 58.7. The predicted molar refractivity (Wildman–Crippen MR) is 120 cm³/mol. The maximum absolute atomic E-state index is 15.4. The standard InChI is InChI=1S/C25H25F4N3O3/c1-13-9-16(4-8-21(13)26)31-23(34)15-3-7-22(27)20(10-15)25(28,29)24(35)32-18-5-6-19(32)12-17(11-18)30-14(2)33/h3-4,7-10,17-19H,5-6,11-12H2,1-2H3,(H,30,33)(H,31,34). The molecule has 2 unspecified atom stereocenters. The number of rotatable bonds is 5. The Hall–Kier alpha value is -3.43. The van der Waals surface area contributed by atoms with E-state index < -0.39 is 47.0 Å². The smallest absolute Gasteiger partial charge is 0.352 e. The summed E-state index contributed by atoms with van der Waals surface area (Å²) in [5.74, 6) is -8.53. The van der Waals surface area contributed by atoms with Gasteiger partial charge in [-0.1, -0.05) is 0 Å². The molecule has 4 rings (SSSR count). The maximum atomic E-state index is 15.4. The highest BCUT2D eigenvalue weighted by Crippen LogP contribution is 2.41. The number of halogens is 4. The Labute approximate surface area is 199 Å². The van der Waals surface area contributed by atoms with Gasteiger partial charge in [-0.3, -0.25) is 14.4 Å². The van der Waals surface area contributed by atoms with Gasteiger partial charge in [0.25, 0.3) is 11.8 Å². The van der Waals surface area contributed by atoms with Crippen molar-refractivity contribution in [2.75, 3.05) is 5.32 Å². The van der Waals surface area contributed by atoms with Crippen molar-refractivity contribution in [3.63, 3.8) is 0 Å². The molecule has 2 aromatic rings. The first-order valence-electron chi connectivity index (χ1n) is 11.3. The van der Waals surface area contributed by atoms with E-state index in [-0.39, 0.29) is 28.8 Å². The average molecular weight is 491 g/mol. The third kappa shape index (κ3) is 4.87. The molecule has 2 saturated heterocycles. The molecular weight excluding hydrogens is 466 g/mol. The maximum Gasteiger partial charge on any atom is 0.352 e. The summed E-state index contributed by atoms with van der Waals surface area (Å²) in [6, 6.07) is 5.08. The third-order valence-electron chi connectivity index (χ3n) is 6.63. The second-order valence-electron chi connectivity index (χ2n) is 9.15. The third-order valence-corrected chi connectivity index (χ3v) is 6.63. The zero-order valence-electron chi connectivity index (χ0n) is 19.2. The lowest BCUT2D eigenvalue weighted by molar-refractivity contribution is -0.164. The molecule has 186 valence electrons. The largest absolute Gasteiger partial charge is 0.353 e. The van der Waals surface area contributed by atoms with Gasteiger partial charge >= 0.3 is 5.92 Å². The van der Waals surface area contributed by atoms with E-state index in [1.165, 1.54) is 26.0 Å². The van der Waals surface area contributed by atoms with E-state index in [1.807, 2.05) is 0 Å². The number of fused-ring (bicyclic) bond motifs is 2. The summed E-state index contributed by atoms with van der Waals surface area (Å²) >= 11 is 0. The van der Waals surface area contributed by atoms with E-state index in [1.54, 1.807) is 0 Å². The number of carbonyl (C=O) groups is 3. The Morgan fingerprint density at radius 3 is 2.20 bits per heavy atom. The zero-order chi connectivity index (χ0) is 25.5. The van der Waals surface area contributed by atoms with Crippen LogP contribution in [0.1, 0.15) is 54.1 Å². The highest BCUT2D eigenvalue weighted by Gasteiger charge is 2.53. The summed E-state index contributed by atoms with van der Waals surface area (Å²) in [5.41, 5.74) is -0.949. The minimum absolute atomic E-state index is 0.207. The summed E-state index contributed by atoms with van der Waals surface area (Å²) in [5, 5.41) is 5.24. The van der Waals surface area contributed by atoms with E-state index in [4.69, 9.17) is 0 Å². The molecule has 2 heterocycles. The molecule has 6 nitrogen and oxygen atoms in total. The van der Waals surface area contributed by atoms with Crippen LogP contribution in [0.25, 0.3) is 0 Å². The van der Waals surface area contributed by atoms with Crippen LogP contribution in [0.15, 0.2) is 36.4 Å². The minimum atomic E-state index is -4.20. The van der Waals surface area contributed by atoms with E-state index in [2.05, 4.69) is 10.6 Å². The number of hydrogen-bond donors (Lipinski definition) is 2. The van der Waals surface area contributed by atoms with Gasteiger partial charge in [0.1, 0.15) is 11.6 Å². The van der Waals surface area contributed by atoms with Crippen molar-refractivity contribution in [2.45, 2.75) is 63.6 Å². The molecule has 35 heavy (non-hydrogen) atoms. The summed E-state index contributed by atoms with van der Waals surface area (Å²) in [7, 11) is 0. The molecule has 2 aliphatic heterocycles. The number of hydrogen-bond acceptors (Lipinski definition) is 3. The van der Waals surface area contributed by atoms with Crippen LogP contribution in [-0.4, -0.2) is 40.7 Å². The molecule has 2 aromatic carbocycles. The second kappa shape index (κ2) is 9.31. The molecule has 0 saturated carbocycles. The van der Waals surface area contributed by atoms with Crippen LogP contribution in [-0.2, 0) is 15.5 Å². The van der Waals surface area contributed by atoms with Crippen LogP contribution in [0.4, 0.5) is 23.2 Å². The van der Waals surface area contributed by atoms with Gasteiger partial charge in [-0.05, 0) is 74.6 Å². The van der Waals surface area contributed by atoms with Crippen molar-refractivity contribution >= 4 is 23.4 Å². The SMILES string of the molecule is CC(=O)NC1CC2CCC(C1)N2C(=O)C(F)(F)c1cc(C(=O)Nc2ccc(F)c(C)c2)ccc1F. The molecule has 2 aliphatic rings. The average Bonchev–Trinajstić information content (AvgIpc) is 3.05. The van der Waals surface area contributed by atoms with Crippen molar-refractivity contribution in [1.29, 1.82) is 0 Å². The van der Waals surface area contributed by atoms with E-state index >= 15 is 8.78 Å². The molecule has 0 spiro atoms. The molecule has 2 fully saturated rings. The number of anilines is 1. The van der Waals surface area contributed by atoms with Crippen LogP contribution in [0.2, 0.25) is 0 Å². The second-order valence-corrected chi connectivity index (χ2v) is 9.15. The molecular formula is C25H25F4N3O3. The lowest BCUT2D eigenvalue weighted by Crippen LogP contribution is -2.55. The van der Waals surface area contributed by atoms with Crippen molar-refractivity contribution in [1.82, 2.24) is 10.2 Å². The fourth-order valence-electron chi connectivity index (χ4n) is 5.02. The summed E-state index contributed by atoms with van der Waals surface area (Å²) in [4.78, 5) is 38.1. The first-order chi connectivity index (χ1) is 16.5. The fraction of sp³-hybridized carbons (Fsp3) is 0.400. The molecule has 2 bridgehead atoms. The van der Waals surface area contributed by atoms with Gasteiger partial charge in [-0.2, -0.15) is 8.78 Å². The van der Waals surface area contributed by atoms with E-state index in [0.717, 1.165) is 23.1 Å². The summed E-state index contributed by atoms with van der Waals surface area (Å²) in [6.45, 7) is 2.87. The van der Waals surface area contributed by atoms with Gasteiger partial charge in [0.05, 0.1) is 5.56 Å². The van der Waals surface area contributed by atoms with Gasteiger partial charge in [0, 0.05) is 36.3 Å². The monoisotopic (exact) mass is 491 g/mol. The molecule has 3 amide bonds. The van der Waals surface area contributed by atoms with Gasteiger partial charge in [-0.25, -0.2) is 8.78 Å². The first-order valence-corrected chi connectivity index (χ1v) is 11.3. The fourth-order valence-corrected chi connectivity index (χ4v) is 5.02. The Morgan fingerprint density at radius 1 is 0.971 bits per heavy atom. The first kappa shape index (κ1) is 24.7. The van der Waals surface area contributed by atoms with Crippen molar-refractivity contribution in [3.05, 3.63) is 64.7 Å². The van der Waals surface area contributed by atoms with Crippen LogP contribution < -0.4 is 10.6 Å². The number of benzene rings is 2. The van der Waals surface area contributed by atoms with Gasteiger partial charge < -0.3 is 15.5 Å². The van der Waals surface area contributed by atoms with Crippen molar-refractivity contribution in [2.24, 2.45) is 0 Å². The van der Waals surface area contributed by atoms with Crippen LogP contribution in [0.3, 0.4) is 0 Å². The number of amides is 3. The highest BCUT2D eigenvalue weighted by atomic mass is 19.3. The van der Waals surface area contributed by atoms with E-state index in [9.17, 15) is 23.2 Å².